The minimum atomic E-state index is -1.10. The number of ether oxygens (including phenoxy) is 1. The molecule has 0 radical (unpaired) electrons. The van der Waals surface area contributed by atoms with E-state index in [-0.39, 0.29) is 0 Å². The van der Waals surface area contributed by atoms with Crippen LogP contribution in [0.25, 0.3) is 11.8 Å². The molecule has 0 amide bonds. The average Bonchev–Trinajstić information content (AvgIpc) is 2.85. The normalized spacial score (nSPS) is 10.8. The molecule has 0 bridgehead atoms. The molecule has 0 aliphatic heterocycles. The first-order chi connectivity index (χ1) is 9.10. The number of methoxy groups -OCH3 is 1. The Hall–Kier alpha value is -2.63. The highest BCUT2D eigenvalue weighted by atomic mass is 19.1. The highest BCUT2D eigenvalue weighted by molar-refractivity contribution is 5.86. The van der Waals surface area contributed by atoms with Crippen LogP contribution in [-0.2, 0) is 4.79 Å². The van der Waals surface area contributed by atoms with Crippen LogP contribution in [0.5, 0.6) is 5.75 Å². The van der Waals surface area contributed by atoms with Crippen LogP contribution in [0.3, 0.4) is 0 Å². The minimum Gasteiger partial charge on any atom is -0.493 e. The highest BCUT2D eigenvalue weighted by Gasteiger charge is 2.06. The SMILES string of the molecule is COc1cnn(-c2ccc(F)cc2/C=C/C(=O)O)c1. The first-order valence-corrected chi connectivity index (χ1v) is 5.40. The van der Waals surface area contributed by atoms with Gasteiger partial charge in [-0.05, 0) is 24.3 Å². The number of benzene rings is 1. The largest absolute Gasteiger partial charge is 0.493 e. The van der Waals surface area contributed by atoms with Crippen LogP contribution in [0.2, 0.25) is 0 Å². The second-order valence-corrected chi connectivity index (χ2v) is 3.70. The van der Waals surface area contributed by atoms with Gasteiger partial charge in [-0.2, -0.15) is 5.10 Å². The summed E-state index contributed by atoms with van der Waals surface area (Å²) in [6, 6.07) is 4.04. The molecule has 98 valence electrons. The summed E-state index contributed by atoms with van der Waals surface area (Å²) in [7, 11) is 1.51. The number of rotatable bonds is 4. The van der Waals surface area contributed by atoms with Crippen molar-refractivity contribution in [3.05, 3.63) is 48.0 Å². The van der Waals surface area contributed by atoms with Gasteiger partial charge in [0.15, 0.2) is 5.75 Å². The second-order valence-electron chi connectivity index (χ2n) is 3.70. The summed E-state index contributed by atoms with van der Waals surface area (Å²) in [6.45, 7) is 0. The summed E-state index contributed by atoms with van der Waals surface area (Å²) in [6.07, 6.45) is 5.38. The molecule has 0 unspecified atom stereocenters. The van der Waals surface area contributed by atoms with Crippen LogP contribution >= 0.6 is 0 Å². The molecule has 6 heteroatoms. The van der Waals surface area contributed by atoms with Gasteiger partial charge in [-0.3, -0.25) is 0 Å². The number of nitrogens with zero attached hydrogens (tertiary/aromatic N) is 2. The van der Waals surface area contributed by atoms with E-state index in [1.165, 1.54) is 42.3 Å². The topological polar surface area (TPSA) is 64.4 Å². The van der Waals surface area contributed by atoms with Crippen molar-refractivity contribution in [2.45, 2.75) is 0 Å². The van der Waals surface area contributed by atoms with Crippen molar-refractivity contribution in [1.82, 2.24) is 9.78 Å². The lowest BCUT2D eigenvalue weighted by atomic mass is 10.1. The Morgan fingerprint density at radius 3 is 2.95 bits per heavy atom. The van der Waals surface area contributed by atoms with Crippen molar-refractivity contribution < 1.29 is 19.0 Å². The molecule has 2 aromatic rings. The Labute approximate surface area is 108 Å². The van der Waals surface area contributed by atoms with Crippen LogP contribution in [0.4, 0.5) is 4.39 Å². The van der Waals surface area contributed by atoms with Gasteiger partial charge in [-0.1, -0.05) is 0 Å². The Bertz CT molecular complexity index is 635. The molecule has 0 saturated carbocycles. The Balaban J connectivity index is 2.47. The van der Waals surface area contributed by atoms with Gasteiger partial charge in [0.25, 0.3) is 0 Å². The number of aliphatic carboxylic acids is 1. The lowest BCUT2D eigenvalue weighted by molar-refractivity contribution is -0.131. The number of halogens is 1. The molecule has 1 aromatic carbocycles. The summed E-state index contributed by atoms with van der Waals surface area (Å²) >= 11 is 0. The molecule has 2 rings (SSSR count). The van der Waals surface area contributed by atoms with Crippen molar-refractivity contribution in [2.75, 3.05) is 7.11 Å². The maximum absolute atomic E-state index is 13.2. The monoisotopic (exact) mass is 262 g/mol. The van der Waals surface area contributed by atoms with Gasteiger partial charge in [0, 0.05) is 11.6 Å². The molecule has 1 heterocycles. The number of carboxylic acids is 1. The fourth-order valence-electron chi connectivity index (χ4n) is 1.57. The molecule has 0 saturated heterocycles. The minimum absolute atomic E-state index is 0.410. The number of hydrogen-bond acceptors (Lipinski definition) is 3. The van der Waals surface area contributed by atoms with Gasteiger partial charge in [0.2, 0.25) is 0 Å². The zero-order valence-corrected chi connectivity index (χ0v) is 10.1. The summed E-state index contributed by atoms with van der Waals surface area (Å²) in [5, 5.41) is 12.7. The molecule has 19 heavy (non-hydrogen) atoms. The smallest absolute Gasteiger partial charge is 0.328 e. The molecule has 0 aliphatic carbocycles. The Kier molecular flexibility index (Phi) is 3.61. The molecule has 0 aliphatic rings. The van der Waals surface area contributed by atoms with Crippen molar-refractivity contribution >= 4 is 12.0 Å². The van der Waals surface area contributed by atoms with Crippen LogP contribution in [0.15, 0.2) is 36.7 Å². The van der Waals surface area contributed by atoms with Crippen molar-refractivity contribution in [2.24, 2.45) is 0 Å². The predicted octanol–water partition coefficient (Wildman–Crippen LogP) is 2.12. The molecule has 1 N–H and O–H groups in total. The van der Waals surface area contributed by atoms with Gasteiger partial charge in [-0.25, -0.2) is 13.9 Å². The molecular weight excluding hydrogens is 251 g/mol. The lowest BCUT2D eigenvalue weighted by Crippen LogP contribution is -1.98. The first-order valence-electron chi connectivity index (χ1n) is 5.40. The van der Waals surface area contributed by atoms with Gasteiger partial charge >= 0.3 is 5.97 Å². The predicted molar refractivity (Wildman–Crippen MR) is 66.7 cm³/mol. The number of hydrogen-bond donors (Lipinski definition) is 1. The number of carbonyl (C=O) groups is 1. The van der Waals surface area contributed by atoms with E-state index < -0.39 is 11.8 Å². The van der Waals surface area contributed by atoms with Crippen molar-refractivity contribution in [1.29, 1.82) is 0 Å². The zero-order chi connectivity index (χ0) is 13.8. The summed E-state index contributed by atoms with van der Waals surface area (Å²) in [5.41, 5.74) is 0.968. The standard InChI is InChI=1S/C13H11FN2O3/c1-19-11-7-15-16(8-11)12-4-3-10(14)6-9(12)2-5-13(17)18/h2-8H,1H3,(H,17,18)/b5-2+. The van der Waals surface area contributed by atoms with Crippen molar-refractivity contribution in [3.63, 3.8) is 0 Å². The molecule has 0 atom stereocenters. The van der Waals surface area contributed by atoms with E-state index in [9.17, 15) is 9.18 Å². The van der Waals surface area contributed by atoms with E-state index >= 15 is 0 Å². The molecule has 1 aromatic heterocycles. The van der Waals surface area contributed by atoms with Crippen LogP contribution in [0.1, 0.15) is 5.56 Å². The fourth-order valence-corrected chi connectivity index (χ4v) is 1.57. The van der Waals surface area contributed by atoms with Gasteiger partial charge in [0.05, 0.1) is 25.2 Å². The third-order valence-electron chi connectivity index (χ3n) is 2.44. The van der Waals surface area contributed by atoms with Crippen LogP contribution < -0.4 is 4.74 Å². The number of carboxylic acid groups (broad SMARTS) is 1. The third-order valence-corrected chi connectivity index (χ3v) is 2.44. The van der Waals surface area contributed by atoms with E-state index in [4.69, 9.17) is 9.84 Å². The lowest BCUT2D eigenvalue weighted by Gasteiger charge is -2.06. The maximum atomic E-state index is 13.2. The summed E-state index contributed by atoms with van der Waals surface area (Å²) in [4.78, 5) is 10.5. The van der Waals surface area contributed by atoms with E-state index in [2.05, 4.69) is 5.10 Å². The summed E-state index contributed by atoms with van der Waals surface area (Å²) < 4.78 is 19.7. The van der Waals surface area contributed by atoms with Crippen LogP contribution in [-0.4, -0.2) is 28.0 Å². The van der Waals surface area contributed by atoms with E-state index in [0.29, 0.717) is 17.0 Å². The molecule has 5 nitrogen and oxygen atoms in total. The molecule has 0 fully saturated rings. The zero-order valence-electron chi connectivity index (χ0n) is 10.1. The van der Waals surface area contributed by atoms with Crippen LogP contribution in [0, 0.1) is 5.82 Å². The van der Waals surface area contributed by atoms with Gasteiger partial charge in [0.1, 0.15) is 5.82 Å². The quantitative estimate of drug-likeness (QED) is 0.857. The first kappa shape index (κ1) is 12.8. The highest BCUT2D eigenvalue weighted by Crippen LogP contribution is 2.19. The van der Waals surface area contributed by atoms with Gasteiger partial charge in [-0.15, -0.1) is 0 Å². The van der Waals surface area contributed by atoms with Gasteiger partial charge < -0.3 is 9.84 Å². The third kappa shape index (κ3) is 2.98. The van der Waals surface area contributed by atoms with E-state index in [1.807, 2.05) is 0 Å². The number of aromatic nitrogens is 2. The molecular formula is C13H11FN2O3. The average molecular weight is 262 g/mol. The summed E-state index contributed by atoms with van der Waals surface area (Å²) in [5.74, 6) is -1.00. The van der Waals surface area contributed by atoms with Crippen molar-refractivity contribution in [3.8, 4) is 11.4 Å². The van der Waals surface area contributed by atoms with E-state index in [0.717, 1.165) is 6.08 Å². The molecule has 0 spiro atoms. The Morgan fingerprint density at radius 2 is 2.32 bits per heavy atom. The maximum Gasteiger partial charge on any atom is 0.328 e. The van der Waals surface area contributed by atoms with E-state index in [1.54, 1.807) is 6.20 Å². The fraction of sp³-hybridized carbons (Fsp3) is 0.0769. The second kappa shape index (κ2) is 5.34. The Morgan fingerprint density at radius 1 is 1.53 bits per heavy atom.